The number of hydrogen-bond donors (Lipinski definition) is 7. The number of aromatic amines is 1. The predicted octanol–water partition coefficient (Wildman–Crippen LogP) is 4.34. The van der Waals surface area contributed by atoms with Crippen LogP contribution in [0.25, 0.3) is 0 Å². The first kappa shape index (κ1) is 49.8. The molecule has 1 aromatic heterocycles. The van der Waals surface area contributed by atoms with Crippen LogP contribution in [0.2, 0.25) is 0 Å². The zero-order chi connectivity index (χ0) is 40.0. The number of H-pyrrole nitrogens is 1. The molecule has 0 fully saturated rings. The molecule has 0 aliphatic rings. The fraction of sp³-hybridized carbons (Fsp3) is 0.806. The highest BCUT2D eigenvalue weighted by molar-refractivity contribution is 5.75. The Kier molecular flexibility index (Phi) is 25.9. The molecule has 298 valence electrons. The topological polar surface area (TPSA) is 241 Å². The maximum atomic E-state index is 11.0. The summed E-state index contributed by atoms with van der Waals surface area (Å²) in [5.74, 6) is -2.27. The van der Waals surface area contributed by atoms with Gasteiger partial charge in [-0.25, -0.2) is 4.98 Å². The number of carboxylic acid groups (broad SMARTS) is 3. The molecule has 15 nitrogen and oxygen atoms in total. The number of nitrogens with two attached hydrogens (primary N) is 3. The molecule has 3 atom stereocenters. The number of carbonyl (C=O) groups is 3. The van der Waals surface area contributed by atoms with E-state index in [9.17, 15) is 14.4 Å². The summed E-state index contributed by atoms with van der Waals surface area (Å²) in [5, 5.41) is 27.0. The molecule has 0 bridgehead atoms. The van der Waals surface area contributed by atoms with Crippen molar-refractivity contribution in [2.24, 2.45) is 22.2 Å². The van der Waals surface area contributed by atoms with Crippen molar-refractivity contribution in [3.8, 4) is 0 Å². The highest BCUT2D eigenvalue weighted by atomic mass is 16.4. The van der Waals surface area contributed by atoms with Gasteiger partial charge in [0, 0.05) is 61.1 Å². The standard InChI is InChI=1S/C12H26N4O2.C12H21N3O2.C12H26N2O2/c1-8(2)16(9(3)4)10(7-11(17)18)5-6-15-12(13)14;1-8(2)15(9(3)4)11(5-12(16)17)10-6-13-7-14-10;1-9(2)14(10(3)4)11(6-5-7-13)8-12(15)16/h8-10H,5-7H2,1-4H3,(H,17,18)(H4,13,14,15);6-9,11H,5H2,1-4H3,(H,13,14)(H,16,17);9-11H,5-8,13H2,1-4H3,(H,15,16). The van der Waals surface area contributed by atoms with E-state index < -0.39 is 17.9 Å². The summed E-state index contributed by atoms with van der Waals surface area (Å²) in [6.45, 7) is 26.1. The first-order valence-corrected chi connectivity index (χ1v) is 18.3. The maximum Gasteiger partial charge on any atom is 0.305 e. The molecule has 0 aliphatic heterocycles. The number of aliphatic imine (C=N–C) groups is 1. The minimum atomic E-state index is -0.795. The van der Waals surface area contributed by atoms with Crippen LogP contribution in [0.4, 0.5) is 0 Å². The Morgan fingerprint density at radius 3 is 1.37 bits per heavy atom. The molecule has 3 unspecified atom stereocenters. The van der Waals surface area contributed by atoms with Crippen molar-refractivity contribution >= 4 is 23.9 Å². The Balaban J connectivity index is 0. The second kappa shape index (κ2) is 26.5. The van der Waals surface area contributed by atoms with Crippen LogP contribution in [0.3, 0.4) is 0 Å². The van der Waals surface area contributed by atoms with Crippen LogP contribution in [-0.4, -0.2) is 125 Å². The van der Waals surface area contributed by atoms with E-state index in [-0.39, 0.29) is 67.5 Å². The third kappa shape index (κ3) is 21.6. The van der Waals surface area contributed by atoms with Crippen molar-refractivity contribution in [3.63, 3.8) is 0 Å². The molecule has 0 aromatic carbocycles. The first-order chi connectivity index (χ1) is 23.6. The van der Waals surface area contributed by atoms with E-state index in [1.807, 2.05) is 0 Å². The SMILES string of the molecule is CC(C)N(C(C)C)C(CC(=O)O)c1cnc[nH]1.CC(C)N(C(C)C)C(CCCN)CC(=O)O.CC(C)N(C(C)C)C(CCN=C(N)N)CC(=O)O. The molecule has 0 saturated carbocycles. The molecule has 0 spiro atoms. The third-order valence-corrected chi connectivity index (χ3v) is 8.35. The van der Waals surface area contributed by atoms with Gasteiger partial charge in [0.25, 0.3) is 0 Å². The summed E-state index contributed by atoms with van der Waals surface area (Å²) >= 11 is 0. The van der Waals surface area contributed by atoms with Crippen molar-refractivity contribution in [1.29, 1.82) is 0 Å². The lowest BCUT2D eigenvalue weighted by Crippen LogP contribution is -2.46. The number of guanidine groups is 1. The van der Waals surface area contributed by atoms with Gasteiger partial charge >= 0.3 is 17.9 Å². The van der Waals surface area contributed by atoms with Crippen LogP contribution >= 0.6 is 0 Å². The molecule has 51 heavy (non-hydrogen) atoms. The number of aromatic nitrogens is 2. The van der Waals surface area contributed by atoms with Gasteiger partial charge in [0.05, 0.1) is 37.3 Å². The van der Waals surface area contributed by atoms with Crippen LogP contribution in [0.15, 0.2) is 17.5 Å². The monoisotopic (exact) mass is 728 g/mol. The quantitative estimate of drug-likeness (QED) is 0.0650. The Hall–Kier alpha value is -3.27. The van der Waals surface area contributed by atoms with E-state index in [2.05, 4.69) is 113 Å². The third-order valence-electron chi connectivity index (χ3n) is 8.35. The maximum absolute atomic E-state index is 11.0. The van der Waals surface area contributed by atoms with Crippen LogP contribution in [0, 0.1) is 0 Å². The number of nitrogens with zero attached hydrogens (tertiary/aromatic N) is 5. The largest absolute Gasteiger partial charge is 0.481 e. The zero-order valence-electron chi connectivity index (χ0n) is 33.5. The Morgan fingerprint density at radius 1 is 0.686 bits per heavy atom. The summed E-state index contributed by atoms with van der Waals surface area (Å²) in [6, 6.07) is 1.75. The summed E-state index contributed by atoms with van der Waals surface area (Å²) in [5.41, 5.74) is 16.9. The highest BCUT2D eigenvalue weighted by Crippen LogP contribution is 2.27. The average molecular weight is 728 g/mol. The first-order valence-electron chi connectivity index (χ1n) is 18.3. The number of aliphatic carboxylic acids is 3. The van der Waals surface area contributed by atoms with Gasteiger partial charge in [-0.3, -0.25) is 34.1 Å². The normalized spacial score (nSPS) is 13.5. The molecular formula is C36H73N9O6. The van der Waals surface area contributed by atoms with Gasteiger partial charge in [-0.15, -0.1) is 0 Å². The van der Waals surface area contributed by atoms with E-state index in [1.54, 1.807) is 12.5 Å². The number of nitrogens with one attached hydrogen (secondary N) is 1. The van der Waals surface area contributed by atoms with Gasteiger partial charge in [-0.2, -0.15) is 0 Å². The van der Waals surface area contributed by atoms with Crippen molar-refractivity contribution in [1.82, 2.24) is 24.7 Å². The lowest BCUT2D eigenvalue weighted by atomic mass is 10.0. The molecule has 1 heterocycles. The molecule has 1 rings (SSSR count). The molecule has 0 amide bonds. The van der Waals surface area contributed by atoms with Crippen molar-refractivity contribution in [2.75, 3.05) is 13.1 Å². The van der Waals surface area contributed by atoms with Gasteiger partial charge < -0.3 is 37.5 Å². The van der Waals surface area contributed by atoms with Crippen LogP contribution in [0.5, 0.6) is 0 Å². The second-order valence-corrected chi connectivity index (χ2v) is 14.6. The summed E-state index contributed by atoms with van der Waals surface area (Å²) in [7, 11) is 0. The second-order valence-electron chi connectivity index (χ2n) is 14.6. The fourth-order valence-corrected chi connectivity index (χ4v) is 7.00. The van der Waals surface area contributed by atoms with E-state index in [0.717, 1.165) is 18.5 Å². The lowest BCUT2D eigenvalue weighted by molar-refractivity contribution is -0.140. The van der Waals surface area contributed by atoms with E-state index in [0.29, 0.717) is 31.6 Å². The Bertz CT molecular complexity index is 1080. The molecule has 0 saturated heterocycles. The van der Waals surface area contributed by atoms with Gasteiger partial charge in [0.2, 0.25) is 0 Å². The number of rotatable bonds is 22. The van der Waals surface area contributed by atoms with E-state index >= 15 is 0 Å². The molecular weight excluding hydrogens is 654 g/mol. The molecule has 15 heteroatoms. The molecule has 1 aromatic rings. The van der Waals surface area contributed by atoms with Crippen LogP contribution in [-0.2, 0) is 14.4 Å². The van der Waals surface area contributed by atoms with Gasteiger partial charge in [0.1, 0.15) is 0 Å². The number of carboxylic acids is 3. The van der Waals surface area contributed by atoms with Crippen LogP contribution < -0.4 is 17.2 Å². The van der Waals surface area contributed by atoms with E-state index in [4.69, 9.17) is 32.5 Å². The van der Waals surface area contributed by atoms with Crippen LogP contribution in [0.1, 0.15) is 133 Å². The Labute approximate surface area is 307 Å². The van der Waals surface area contributed by atoms with Gasteiger partial charge in [-0.1, -0.05) is 0 Å². The number of imidazole rings is 1. The smallest absolute Gasteiger partial charge is 0.305 e. The highest BCUT2D eigenvalue weighted by Gasteiger charge is 2.29. The fourth-order valence-electron chi connectivity index (χ4n) is 7.00. The summed E-state index contributed by atoms with van der Waals surface area (Å²) < 4.78 is 0. The predicted molar refractivity (Wildman–Crippen MR) is 206 cm³/mol. The number of hydrogen-bond acceptors (Lipinski definition) is 9. The lowest BCUT2D eigenvalue weighted by Gasteiger charge is -2.37. The van der Waals surface area contributed by atoms with Gasteiger partial charge in [0.15, 0.2) is 5.96 Å². The van der Waals surface area contributed by atoms with Crippen molar-refractivity contribution < 1.29 is 29.7 Å². The van der Waals surface area contributed by atoms with Crippen molar-refractivity contribution in [2.45, 2.75) is 176 Å². The van der Waals surface area contributed by atoms with E-state index in [1.165, 1.54) is 0 Å². The zero-order valence-corrected chi connectivity index (χ0v) is 33.5. The average Bonchev–Trinajstić information content (AvgIpc) is 3.49. The molecule has 10 N–H and O–H groups in total. The summed E-state index contributed by atoms with van der Waals surface area (Å²) in [4.78, 5) is 50.4. The van der Waals surface area contributed by atoms with Gasteiger partial charge in [-0.05, 0) is 109 Å². The van der Waals surface area contributed by atoms with Crippen molar-refractivity contribution in [3.05, 3.63) is 18.2 Å². The minimum Gasteiger partial charge on any atom is -0.481 e. The molecule has 0 aliphatic carbocycles. The minimum absolute atomic E-state index is 0.0460. The summed E-state index contributed by atoms with van der Waals surface area (Å²) in [6.07, 6.45) is 6.06. The Morgan fingerprint density at radius 2 is 1.08 bits per heavy atom. The molecule has 0 radical (unpaired) electrons.